The first-order valence-electron chi connectivity index (χ1n) is 4.73. The third kappa shape index (κ3) is 3.12. The lowest BCUT2D eigenvalue weighted by Crippen LogP contribution is -2.05. The van der Waals surface area contributed by atoms with Crippen LogP contribution in [0.5, 0.6) is 0 Å². The second-order valence-electron chi connectivity index (χ2n) is 3.23. The molecule has 0 radical (unpaired) electrons. The van der Waals surface area contributed by atoms with Gasteiger partial charge in [-0.3, -0.25) is 0 Å². The monoisotopic (exact) mass is 188 g/mol. The molecule has 0 atom stereocenters. The van der Waals surface area contributed by atoms with Crippen molar-refractivity contribution < 1.29 is 0 Å². The van der Waals surface area contributed by atoms with Gasteiger partial charge >= 0.3 is 0 Å². The largest absolute Gasteiger partial charge is 0.399 e. The summed E-state index contributed by atoms with van der Waals surface area (Å²) in [6, 6.07) is 5.80. The van der Waals surface area contributed by atoms with Crippen LogP contribution in [0.1, 0.15) is 17.5 Å². The van der Waals surface area contributed by atoms with Crippen molar-refractivity contribution in [1.82, 2.24) is 5.32 Å². The van der Waals surface area contributed by atoms with Gasteiger partial charge in [-0.2, -0.15) is 0 Å². The molecule has 1 rings (SSSR count). The van der Waals surface area contributed by atoms with Crippen LogP contribution >= 0.6 is 0 Å². The number of rotatable bonds is 2. The molecule has 0 aliphatic carbocycles. The molecule has 0 aliphatic rings. The lowest BCUT2D eigenvalue weighted by molar-refractivity contribution is 0.818. The minimum Gasteiger partial charge on any atom is -0.399 e. The molecule has 0 aromatic heterocycles. The molecule has 0 saturated heterocycles. The van der Waals surface area contributed by atoms with Crippen LogP contribution in [0, 0.1) is 18.8 Å². The van der Waals surface area contributed by atoms with Crippen LogP contribution in [0.3, 0.4) is 0 Å². The van der Waals surface area contributed by atoms with Gasteiger partial charge in [0.05, 0.1) is 0 Å². The van der Waals surface area contributed by atoms with Crippen molar-refractivity contribution in [2.75, 3.05) is 19.3 Å². The summed E-state index contributed by atoms with van der Waals surface area (Å²) in [6.45, 7) is 2.96. The zero-order valence-electron chi connectivity index (χ0n) is 8.72. The summed E-state index contributed by atoms with van der Waals surface area (Å²) in [6.07, 6.45) is 0.875. The van der Waals surface area contributed by atoms with E-state index < -0.39 is 0 Å². The van der Waals surface area contributed by atoms with Gasteiger partial charge in [0.25, 0.3) is 0 Å². The van der Waals surface area contributed by atoms with Crippen LogP contribution < -0.4 is 11.1 Å². The number of aryl methyl sites for hydroxylation is 1. The quantitative estimate of drug-likeness (QED) is 0.420. The summed E-state index contributed by atoms with van der Waals surface area (Å²) in [5.74, 6) is 6.24. The van der Waals surface area contributed by atoms with E-state index in [0.29, 0.717) is 0 Å². The maximum atomic E-state index is 5.65. The van der Waals surface area contributed by atoms with Crippen molar-refractivity contribution in [2.24, 2.45) is 0 Å². The smallest absolute Gasteiger partial charge is 0.0317 e. The van der Waals surface area contributed by atoms with E-state index in [2.05, 4.69) is 17.2 Å². The zero-order chi connectivity index (χ0) is 10.4. The van der Waals surface area contributed by atoms with Crippen molar-refractivity contribution in [3.8, 4) is 11.8 Å². The van der Waals surface area contributed by atoms with Crippen LogP contribution in [0.2, 0.25) is 0 Å². The molecule has 0 bridgehead atoms. The van der Waals surface area contributed by atoms with E-state index in [1.165, 1.54) is 0 Å². The Morgan fingerprint density at radius 1 is 1.43 bits per heavy atom. The minimum absolute atomic E-state index is 0.795. The Morgan fingerprint density at radius 3 is 2.86 bits per heavy atom. The molecule has 0 fully saturated rings. The SMILES string of the molecule is CNCCC#Cc1ccc(N)cc1C. The van der Waals surface area contributed by atoms with Crippen molar-refractivity contribution >= 4 is 5.69 Å². The highest BCUT2D eigenvalue weighted by Gasteiger charge is 1.93. The molecule has 0 heterocycles. The Balaban J connectivity index is 2.70. The van der Waals surface area contributed by atoms with E-state index in [0.717, 1.165) is 29.8 Å². The van der Waals surface area contributed by atoms with Crippen LogP contribution in [0.25, 0.3) is 0 Å². The Labute approximate surface area is 85.5 Å². The molecule has 0 spiro atoms. The molecule has 1 aromatic carbocycles. The average Bonchev–Trinajstić information content (AvgIpc) is 2.15. The van der Waals surface area contributed by atoms with Crippen molar-refractivity contribution in [3.63, 3.8) is 0 Å². The molecule has 3 N–H and O–H groups in total. The molecule has 0 amide bonds. The van der Waals surface area contributed by atoms with Gasteiger partial charge in [-0.05, 0) is 37.7 Å². The summed E-state index contributed by atoms with van der Waals surface area (Å²) >= 11 is 0. The summed E-state index contributed by atoms with van der Waals surface area (Å²) in [5.41, 5.74) is 8.65. The molecule has 0 saturated carbocycles. The van der Waals surface area contributed by atoms with Crippen molar-refractivity contribution in [1.29, 1.82) is 0 Å². The molecular weight excluding hydrogens is 172 g/mol. The number of hydrogen-bond donors (Lipinski definition) is 2. The molecule has 0 aliphatic heterocycles. The molecular formula is C12H16N2. The van der Waals surface area contributed by atoms with Gasteiger partial charge in [0, 0.05) is 24.2 Å². The van der Waals surface area contributed by atoms with Gasteiger partial charge in [0.1, 0.15) is 0 Å². The van der Waals surface area contributed by atoms with Crippen molar-refractivity contribution in [2.45, 2.75) is 13.3 Å². The fourth-order valence-electron chi connectivity index (χ4n) is 1.17. The zero-order valence-corrected chi connectivity index (χ0v) is 8.72. The van der Waals surface area contributed by atoms with Gasteiger partial charge in [-0.15, -0.1) is 0 Å². The first-order valence-corrected chi connectivity index (χ1v) is 4.73. The number of hydrogen-bond acceptors (Lipinski definition) is 2. The van der Waals surface area contributed by atoms with E-state index in [1.54, 1.807) is 0 Å². The third-order valence-corrected chi connectivity index (χ3v) is 1.97. The highest BCUT2D eigenvalue weighted by molar-refractivity contribution is 5.50. The third-order valence-electron chi connectivity index (χ3n) is 1.97. The topological polar surface area (TPSA) is 38.0 Å². The number of nitrogens with two attached hydrogens (primary N) is 1. The van der Waals surface area contributed by atoms with Gasteiger partial charge in [-0.1, -0.05) is 11.8 Å². The number of benzene rings is 1. The van der Waals surface area contributed by atoms with Crippen LogP contribution in [0.15, 0.2) is 18.2 Å². The molecule has 14 heavy (non-hydrogen) atoms. The van der Waals surface area contributed by atoms with Crippen LogP contribution in [-0.2, 0) is 0 Å². The number of nitrogens with one attached hydrogen (secondary N) is 1. The Bertz CT molecular complexity index is 358. The van der Waals surface area contributed by atoms with Crippen LogP contribution in [-0.4, -0.2) is 13.6 Å². The number of nitrogen functional groups attached to an aromatic ring is 1. The predicted octanol–water partition coefficient (Wildman–Crippen LogP) is 1.54. The average molecular weight is 188 g/mol. The summed E-state index contributed by atoms with van der Waals surface area (Å²) in [5, 5.41) is 3.06. The van der Waals surface area contributed by atoms with Gasteiger partial charge in [-0.25, -0.2) is 0 Å². The van der Waals surface area contributed by atoms with Gasteiger partial charge in [0.2, 0.25) is 0 Å². The standard InChI is InChI=1S/C12H16N2/c1-10-9-12(13)7-6-11(10)5-3-4-8-14-2/h6-7,9,14H,4,8,13H2,1-2H3. The lowest BCUT2D eigenvalue weighted by Gasteiger charge is -1.98. The van der Waals surface area contributed by atoms with E-state index in [9.17, 15) is 0 Å². The second-order valence-corrected chi connectivity index (χ2v) is 3.23. The van der Waals surface area contributed by atoms with E-state index >= 15 is 0 Å². The Kier molecular flexibility index (Phi) is 4.03. The molecule has 1 aromatic rings. The van der Waals surface area contributed by atoms with E-state index in [1.807, 2.05) is 32.2 Å². The Morgan fingerprint density at radius 2 is 2.21 bits per heavy atom. The maximum Gasteiger partial charge on any atom is 0.0317 e. The van der Waals surface area contributed by atoms with Gasteiger partial charge in [0.15, 0.2) is 0 Å². The highest BCUT2D eigenvalue weighted by atomic mass is 14.8. The first kappa shape index (κ1) is 10.6. The second kappa shape index (κ2) is 5.31. The molecule has 74 valence electrons. The lowest BCUT2D eigenvalue weighted by atomic mass is 10.1. The maximum absolute atomic E-state index is 5.65. The molecule has 2 heteroatoms. The first-order chi connectivity index (χ1) is 6.74. The highest BCUT2D eigenvalue weighted by Crippen LogP contribution is 2.10. The summed E-state index contributed by atoms with van der Waals surface area (Å²) in [4.78, 5) is 0. The van der Waals surface area contributed by atoms with Gasteiger partial charge < -0.3 is 11.1 Å². The summed E-state index contributed by atoms with van der Waals surface area (Å²) in [7, 11) is 1.93. The fraction of sp³-hybridized carbons (Fsp3) is 0.333. The number of anilines is 1. The normalized spacial score (nSPS) is 9.29. The molecule has 2 nitrogen and oxygen atoms in total. The predicted molar refractivity (Wildman–Crippen MR) is 61.0 cm³/mol. The van der Waals surface area contributed by atoms with Crippen molar-refractivity contribution in [3.05, 3.63) is 29.3 Å². The fourth-order valence-corrected chi connectivity index (χ4v) is 1.17. The summed E-state index contributed by atoms with van der Waals surface area (Å²) < 4.78 is 0. The van der Waals surface area contributed by atoms with E-state index in [-0.39, 0.29) is 0 Å². The molecule has 0 unspecified atom stereocenters. The van der Waals surface area contributed by atoms with Crippen LogP contribution in [0.4, 0.5) is 5.69 Å². The Hall–Kier alpha value is -1.46. The minimum atomic E-state index is 0.795. The van der Waals surface area contributed by atoms with E-state index in [4.69, 9.17) is 5.73 Å².